The van der Waals surface area contributed by atoms with Crippen LogP contribution >= 0.6 is 0 Å². The van der Waals surface area contributed by atoms with Crippen molar-refractivity contribution < 1.29 is 14.7 Å². The standard InChI is InChI=1S/C16H30N2O3/c1-12(14(19)20)7-5-8-13(2)17-15(21)18-10-6-9-16(3,4)11-18/h12-13H,5-11H2,1-4H3,(H,17,21)(H,19,20). The van der Waals surface area contributed by atoms with E-state index in [4.69, 9.17) is 5.11 Å². The molecule has 2 amide bonds. The highest BCUT2D eigenvalue weighted by Gasteiger charge is 2.29. The maximum absolute atomic E-state index is 12.2. The predicted octanol–water partition coefficient (Wildman–Crippen LogP) is 3.10. The van der Waals surface area contributed by atoms with E-state index < -0.39 is 5.97 Å². The minimum absolute atomic E-state index is 0.0153. The minimum atomic E-state index is -0.748. The maximum Gasteiger partial charge on any atom is 0.317 e. The van der Waals surface area contributed by atoms with E-state index in [1.54, 1.807) is 6.92 Å². The van der Waals surface area contributed by atoms with Gasteiger partial charge in [-0.05, 0) is 38.0 Å². The Labute approximate surface area is 128 Å². The Kier molecular flexibility index (Phi) is 6.49. The van der Waals surface area contributed by atoms with Gasteiger partial charge in [-0.2, -0.15) is 0 Å². The average Bonchev–Trinajstić information content (AvgIpc) is 2.37. The highest BCUT2D eigenvalue weighted by atomic mass is 16.4. The summed E-state index contributed by atoms with van der Waals surface area (Å²) >= 11 is 0. The molecule has 1 aliphatic rings. The number of aliphatic carboxylic acids is 1. The number of urea groups is 1. The van der Waals surface area contributed by atoms with Crippen molar-refractivity contribution in [3.8, 4) is 0 Å². The number of carbonyl (C=O) groups is 2. The third-order valence-electron chi connectivity index (χ3n) is 4.25. The van der Waals surface area contributed by atoms with Crippen molar-refractivity contribution in [1.29, 1.82) is 0 Å². The SMILES string of the molecule is CC(CCCC(C)C(=O)O)NC(=O)N1CCCC(C)(C)C1. The first-order chi connectivity index (χ1) is 9.71. The lowest BCUT2D eigenvalue weighted by Crippen LogP contribution is -2.50. The molecule has 2 unspecified atom stereocenters. The number of nitrogens with zero attached hydrogens (tertiary/aromatic N) is 1. The zero-order chi connectivity index (χ0) is 16.0. The van der Waals surface area contributed by atoms with Crippen LogP contribution in [0.1, 0.15) is 59.8 Å². The third-order valence-corrected chi connectivity index (χ3v) is 4.25. The lowest BCUT2D eigenvalue weighted by atomic mass is 9.84. The Morgan fingerprint density at radius 1 is 1.29 bits per heavy atom. The second-order valence-electron chi connectivity index (χ2n) is 7.21. The number of carbonyl (C=O) groups excluding carboxylic acids is 1. The van der Waals surface area contributed by atoms with Gasteiger partial charge in [0.05, 0.1) is 5.92 Å². The zero-order valence-corrected chi connectivity index (χ0v) is 13.8. The van der Waals surface area contributed by atoms with Crippen molar-refractivity contribution in [2.24, 2.45) is 11.3 Å². The Bertz CT molecular complexity index is 369. The number of nitrogens with one attached hydrogen (secondary N) is 1. The Morgan fingerprint density at radius 2 is 1.95 bits per heavy atom. The van der Waals surface area contributed by atoms with E-state index in [9.17, 15) is 9.59 Å². The second-order valence-corrected chi connectivity index (χ2v) is 7.21. The Hall–Kier alpha value is -1.26. The van der Waals surface area contributed by atoms with Crippen LogP contribution in [0.4, 0.5) is 4.79 Å². The van der Waals surface area contributed by atoms with Crippen molar-refractivity contribution in [1.82, 2.24) is 10.2 Å². The van der Waals surface area contributed by atoms with Crippen LogP contribution in [0.2, 0.25) is 0 Å². The smallest absolute Gasteiger partial charge is 0.317 e. The normalized spacial score (nSPS) is 20.7. The van der Waals surface area contributed by atoms with Crippen LogP contribution in [0.3, 0.4) is 0 Å². The highest BCUT2D eigenvalue weighted by Crippen LogP contribution is 2.28. The molecule has 21 heavy (non-hydrogen) atoms. The zero-order valence-electron chi connectivity index (χ0n) is 13.8. The van der Waals surface area contributed by atoms with E-state index in [0.29, 0.717) is 6.42 Å². The van der Waals surface area contributed by atoms with Gasteiger partial charge in [0.1, 0.15) is 0 Å². The van der Waals surface area contributed by atoms with Gasteiger partial charge in [-0.1, -0.05) is 27.2 Å². The fraction of sp³-hybridized carbons (Fsp3) is 0.875. The molecule has 0 bridgehead atoms. The Balaban J connectivity index is 2.29. The van der Waals surface area contributed by atoms with Crippen LogP contribution < -0.4 is 5.32 Å². The molecule has 0 spiro atoms. The number of carboxylic acid groups (broad SMARTS) is 1. The summed E-state index contributed by atoms with van der Waals surface area (Å²) in [6.07, 6.45) is 4.53. The van der Waals surface area contributed by atoms with Crippen molar-refractivity contribution in [3.63, 3.8) is 0 Å². The number of amides is 2. The summed E-state index contributed by atoms with van der Waals surface area (Å²) in [5.41, 5.74) is 0.204. The van der Waals surface area contributed by atoms with Gasteiger partial charge < -0.3 is 15.3 Å². The topological polar surface area (TPSA) is 69.6 Å². The summed E-state index contributed by atoms with van der Waals surface area (Å²) in [5.74, 6) is -1.06. The molecule has 0 radical (unpaired) electrons. The summed E-state index contributed by atoms with van der Waals surface area (Å²) < 4.78 is 0. The number of hydrogen-bond acceptors (Lipinski definition) is 2. The largest absolute Gasteiger partial charge is 0.481 e. The molecular formula is C16H30N2O3. The van der Waals surface area contributed by atoms with Gasteiger partial charge in [0.25, 0.3) is 0 Å². The lowest BCUT2D eigenvalue weighted by molar-refractivity contribution is -0.141. The van der Waals surface area contributed by atoms with E-state index in [0.717, 1.165) is 32.4 Å². The van der Waals surface area contributed by atoms with Crippen LogP contribution in [-0.4, -0.2) is 41.1 Å². The summed E-state index contributed by atoms with van der Waals surface area (Å²) in [4.78, 5) is 24.9. The summed E-state index contributed by atoms with van der Waals surface area (Å²) in [5, 5.41) is 11.9. The molecule has 5 heteroatoms. The number of likely N-dealkylation sites (tertiary alicyclic amines) is 1. The molecule has 2 atom stereocenters. The maximum atomic E-state index is 12.2. The number of piperidine rings is 1. The second kappa shape index (κ2) is 7.66. The van der Waals surface area contributed by atoms with Gasteiger partial charge in [-0.25, -0.2) is 4.79 Å². The van der Waals surface area contributed by atoms with Gasteiger partial charge in [0.2, 0.25) is 0 Å². The first-order valence-corrected chi connectivity index (χ1v) is 7.99. The van der Waals surface area contributed by atoms with Crippen LogP contribution in [0.15, 0.2) is 0 Å². The van der Waals surface area contributed by atoms with Gasteiger partial charge >= 0.3 is 12.0 Å². The third kappa shape index (κ3) is 6.36. The molecule has 2 N–H and O–H groups in total. The minimum Gasteiger partial charge on any atom is -0.481 e. The average molecular weight is 298 g/mol. The quantitative estimate of drug-likeness (QED) is 0.791. The predicted molar refractivity (Wildman–Crippen MR) is 83.2 cm³/mol. The molecular weight excluding hydrogens is 268 g/mol. The van der Waals surface area contributed by atoms with Crippen LogP contribution in [0.5, 0.6) is 0 Å². The van der Waals surface area contributed by atoms with E-state index >= 15 is 0 Å². The molecule has 1 aliphatic heterocycles. The van der Waals surface area contributed by atoms with Crippen LogP contribution in [0, 0.1) is 11.3 Å². The fourth-order valence-electron chi connectivity index (χ4n) is 2.82. The molecule has 0 aromatic carbocycles. The summed E-state index contributed by atoms with van der Waals surface area (Å²) in [6, 6.07) is 0.102. The van der Waals surface area contributed by atoms with Crippen LogP contribution in [0.25, 0.3) is 0 Å². The van der Waals surface area contributed by atoms with Crippen molar-refractivity contribution >= 4 is 12.0 Å². The molecule has 1 saturated heterocycles. The Morgan fingerprint density at radius 3 is 2.52 bits per heavy atom. The first kappa shape index (κ1) is 17.8. The van der Waals surface area contributed by atoms with E-state index in [1.807, 2.05) is 11.8 Å². The molecule has 0 aromatic rings. The summed E-state index contributed by atoms with van der Waals surface area (Å²) in [7, 11) is 0. The number of hydrogen-bond donors (Lipinski definition) is 2. The van der Waals surface area contributed by atoms with Gasteiger partial charge in [-0.15, -0.1) is 0 Å². The molecule has 122 valence electrons. The molecule has 5 nitrogen and oxygen atoms in total. The highest BCUT2D eigenvalue weighted by molar-refractivity contribution is 5.74. The number of carboxylic acids is 1. The first-order valence-electron chi connectivity index (χ1n) is 7.99. The fourth-order valence-corrected chi connectivity index (χ4v) is 2.82. The molecule has 1 fully saturated rings. The molecule has 1 heterocycles. The van der Waals surface area contributed by atoms with Gasteiger partial charge in [0.15, 0.2) is 0 Å². The van der Waals surface area contributed by atoms with E-state index in [2.05, 4.69) is 19.2 Å². The molecule has 0 aromatic heterocycles. The summed E-state index contributed by atoms with van der Waals surface area (Å²) in [6.45, 7) is 9.74. The van der Waals surface area contributed by atoms with E-state index in [1.165, 1.54) is 6.42 Å². The van der Waals surface area contributed by atoms with E-state index in [-0.39, 0.29) is 23.4 Å². The monoisotopic (exact) mass is 298 g/mol. The van der Waals surface area contributed by atoms with Gasteiger partial charge in [0, 0.05) is 19.1 Å². The van der Waals surface area contributed by atoms with Gasteiger partial charge in [-0.3, -0.25) is 4.79 Å². The van der Waals surface area contributed by atoms with Crippen LogP contribution in [-0.2, 0) is 4.79 Å². The molecule has 0 saturated carbocycles. The number of rotatable bonds is 6. The van der Waals surface area contributed by atoms with Crippen molar-refractivity contribution in [2.45, 2.75) is 65.8 Å². The van der Waals surface area contributed by atoms with Crippen molar-refractivity contribution in [2.75, 3.05) is 13.1 Å². The van der Waals surface area contributed by atoms with Crippen molar-refractivity contribution in [3.05, 3.63) is 0 Å². The molecule has 0 aliphatic carbocycles. The molecule has 1 rings (SSSR count). The lowest BCUT2D eigenvalue weighted by Gasteiger charge is -2.38.